The van der Waals surface area contributed by atoms with Gasteiger partial charge in [0.1, 0.15) is 23.8 Å². The number of nitrogens with zero attached hydrogens (tertiary/aromatic N) is 4. The molecule has 0 saturated carbocycles. The molecule has 1 aromatic heterocycles. The molecule has 21 nitrogen and oxygen atoms in total. The van der Waals surface area contributed by atoms with E-state index in [9.17, 15) is 43.8 Å². The van der Waals surface area contributed by atoms with Gasteiger partial charge in [-0.15, -0.1) is 0 Å². The topological polar surface area (TPSA) is 321 Å². The van der Waals surface area contributed by atoms with Crippen molar-refractivity contribution >= 4 is 40.9 Å². The van der Waals surface area contributed by atoms with Crippen molar-refractivity contribution in [3.05, 3.63) is 52.0 Å². The quantitative estimate of drug-likeness (QED) is 0.0924. The minimum Gasteiger partial charge on any atom is -0.390 e. The molecule has 1 saturated heterocycles. The monoisotopic (exact) mass is 658 g/mol. The summed E-state index contributed by atoms with van der Waals surface area (Å²) < 4.78 is 53.1. The lowest BCUT2D eigenvalue weighted by Gasteiger charge is -2.33. The number of benzene rings is 1. The van der Waals surface area contributed by atoms with Crippen molar-refractivity contribution in [1.82, 2.24) is 9.55 Å². The van der Waals surface area contributed by atoms with Crippen molar-refractivity contribution in [2.24, 2.45) is 10.7 Å². The third-order valence-electron chi connectivity index (χ3n) is 6.22. The third-order valence-corrected chi connectivity index (χ3v) is 10.0. The zero-order valence-corrected chi connectivity index (χ0v) is 23.9. The first-order valence-electron chi connectivity index (χ1n) is 11.6. The minimum atomic E-state index is -5.74. The number of nitrogens with one attached hydrogen (secondary N) is 1. The van der Waals surface area contributed by atoms with E-state index in [-0.39, 0.29) is 35.1 Å². The van der Waals surface area contributed by atoms with Gasteiger partial charge in [-0.2, -0.15) is 8.62 Å². The standard InChI is InChI=1S/C18H25N6O15P3/c1-9(10-4-2-3-5-11(10)24(27)28)18(26)15-16(21-17(19)22-18)23(8-20-15)14-6-12(25)13(37-14)7-36-41(32,33)39-42(34,35)38-40(29,30)31/h2-5,8-9,12-14,25-26H,6-7H2,1H3,(H,32,33)(H,34,35)(H3,19,21,22)(H2,29,30,31)/t9?,12-,13+,14+,18?/m0/s1. The molecule has 42 heavy (non-hydrogen) atoms. The van der Waals surface area contributed by atoms with Crippen molar-refractivity contribution in [3.8, 4) is 0 Å². The highest BCUT2D eigenvalue weighted by molar-refractivity contribution is 7.66. The molecule has 0 spiro atoms. The number of imidazole rings is 1. The average Bonchev–Trinajstić information content (AvgIpc) is 3.43. The van der Waals surface area contributed by atoms with Crippen LogP contribution in [0.2, 0.25) is 0 Å². The number of nitro groups is 1. The molecule has 0 aliphatic carbocycles. The predicted molar refractivity (Wildman–Crippen MR) is 137 cm³/mol. The summed E-state index contributed by atoms with van der Waals surface area (Å²) in [7, 11) is -16.8. The smallest absolute Gasteiger partial charge is 0.390 e. The Morgan fingerprint density at radius 3 is 2.55 bits per heavy atom. The molecule has 4 rings (SSSR count). The second kappa shape index (κ2) is 11.5. The van der Waals surface area contributed by atoms with E-state index in [1.807, 2.05) is 0 Å². The van der Waals surface area contributed by atoms with Crippen LogP contribution in [0.25, 0.3) is 0 Å². The van der Waals surface area contributed by atoms with Crippen LogP contribution in [-0.4, -0.2) is 69.0 Å². The van der Waals surface area contributed by atoms with Gasteiger partial charge in [-0.1, -0.05) is 25.1 Å². The fourth-order valence-electron chi connectivity index (χ4n) is 4.40. The van der Waals surface area contributed by atoms with Gasteiger partial charge in [0, 0.05) is 24.0 Å². The number of aliphatic hydroxyl groups is 2. The van der Waals surface area contributed by atoms with Crippen molar-refractivity contribution in [2.45, 2.75) is 43.4 Å². The molecule has 0 radical (unpaired) electrons. The summed E-state index contributed by atoms with van der Waals surface area (Å²) in [4.78, 5) is 55.4. The summed E-state index contributed by atoms with van der Waals surface area (Å²) in [5.74, 6) is -1.25. The molecule has 4 unspecified atom stereocenters. The molecule has 9 N–H and O–H groups in total. The highest BCUT2D eigenvalue weighted by Crippen LogP contribution is 2.66. The van der Waals surface area contributed by atoms with Crippen LogP contribution in [0.5, 0.6) is 0 Å². The summed E-state index contributed by atoms with van der Waals surface area (Å²) in [6, 6.07) is 5.72. The number of fused-ring (bicyclic) bond motifs is 1. The molecular formula is C18H25N6O15P3. The van der Waals surface area contributed by atoms with Crippen molar-refractivity contribution in [3.63, 3.8) is 0 Å². The second-order valence-corrected chi connectivity index (χ2v) is 13.5. The van der Waals surface area contributed by atoms with Crippen LogP contribution in [0.15, 0.2) is 35.6 Å². The molecule has 1 aromatic carbocycles. The largest absolute Gasteiger partial charge is 0.490 e. The molecule has 2 aliphatic rings. The van der Waals surface area contributed by atoms with Crippen molar-refractivity contribution in [1.29, 1.82) is 0 Å². The highest BCUT2D eigenvalue weighted by atomic mass is 31.3. The number of ether oxygens (including phenoxy) is 1. The zero-order chi connectivity index (χ0) is 31.3. The zero-order valence-electron chi connectivity index (χ0n) is 21.2. The molecule has 24 heteroatoms. The van der Waals surface area contributed by atoms with Crippen molar-refractivity contribution < 1.29 is 66.3 Å². The van der Waals surface area contributed by atoms with Gasteiger partial charge in [0.25, 0.3) is 5.69 Å². The minimum absolute atomic E-state index is 0.0566. The van der Waals surface area contributed by atoms with Gasteiger partial charge in [-0.3, -0.25) is 19.2 Å². The van der Waals surface area contributed by atoms with Crippen molar-refractivity contribution in [2.75, 3.05) is 11.9 Å². The number of aliphatic imine (C=N–C) groups is 1. The van der Waals surface area contributed by atoms with E-state index < -0.39 is 65.1 Å². The summed E-state index contributed by atoms with van der Waals surface area (Å²) in [6.45, 7) is 0.579. The molecular weight excluding hydrogens is 633 g/mol. The maximum Gasteiger partial charge on any atom is 0.490 e. The molecule has 0 bridgehead atoms. The Hall–Kier alpha value is -2.61. The van der Waals surface area contributed by atoms with Crippen LogP contribution in [0.1, 0.15) is 36.7 Å². The summed E-state index contributed by atoms with van der Waals surface area (Å²) in [6.07, 6.45) is -2.75. The Kier molecular flexibility index (Phi) is 8.83. The SMILES string of the molecule is CC(c1ccccc1[N+](=O)[O-])C1(O)N=C(N)Nc2c1ncn2[C@H]1C[C@H](O)[C@@H](COP(=O)(O)OP(=O)(O)OP(=O)(O)O)O1. The number of aliphatic hydroxyl groups excluding tert-OH is 1. The van der Waals surface area contributed by atoms with Gasteiger partial charge in [-0.25, -0.2) is 23.7 Å². The number of nitrogens with two attached hydrogens (primary N) is 1. The number of anilines is 1. The average molecular weight is 658 g/mol. The Morgan fingerprint density at radius 2 is 1.90 bits per heavy atom. The number of hydrogen-bond donors (Lipinski definition) is 8. The number of phosphoric acid groups is 3. The number of phosphoric ester groups is 1. The van der Waals surface area contributed by atoms with Gasteiger partial charge in [-0.05, 0) is 0 Å². The van der Waals surface area contributed by atoms with E-state index in [2.05, 4.69) is 28.4 Å². The van der Waals surface area contributed by atoms with Gasteiger partial charge >= 0.3 is 23.5 Å². The summed E-state index contributed by atoms with van der Waals surface area (Å²) >= 11 is 0. The third kappa shape index (κ3) is 6.95. The summed E-state index contributed by atoms with van der Waals surface area (Å²) in [5, 5.41) is 36.4. The van der Waals surface area contributed by atoms with E-state index in [1.165, 1.54) is 36.0 Å². The first-order chi connectivity index (χ1) is 19.3. The lowest BCUT2D eigenvalue weighted by atomic mass is 9.86. The van der Waals surface area contributed by atoms with Crippen LogP contribution in [-0.2, 0) is 37.3 Å². The van der Waals surface area contributed by atoms with Gasteiger partial charge in [0.15, 0.2) is 5.96 Å². The van der Waals surface area contributed by atoms with E-state index >= 15 is 0 Å². The fourth-order valence-corrected chi connectivity index (χ4v) is 7.43. The number of hydrogen-bond acceptors (Lipinski definition) is 15. The maximum absolute atomic E-state index is 12.0. The Labute approximate surface area is 235 Å². The number of nitro benzene ring substituents is 1. The van der Waals surface area contributed by atoms with Crippen LogP contribution in [0.3, 0.4) is 0 Å². The Bertz CT molecular complexity index is 1550. The van der Waals surface area contributed by atoms with Crippen LogP contribution >= 0.6 is 23.5 Å². The molecule has 2 aromatic rings. The van der Waals surface area contributed by atoms with Gasteiger partial charge < -0.3 is 45.6 Å². The number of para-hydroxylation sites is 1. The van der Waals surface area contributed by atoms with Crippen LogP contribution in [0, 0.1) is 10.1 Å². The lowest BCUT2D eigenvalue weighted by molar-refractivity contribution is -0.386. The normalized spacial score (nSPS) is 27.7. The van der Waals surface area contributed by atoms with Gasteiger partial charge in [0.2, 0.25) is 5.72 Å². The first kappa shape index (κ1) is 32.3. The summed E-state index contributed by atoms with van der Waals surface area (Å²) in [5.41, 5.74) is 3.52. The molecule has 0 amide bonds. The Morgan fingerprint density at radius 1 is 1.24 bits per heavy atom. The van der Waals surface area contributed by atoms with E-state index in [4.69, 9.17) is 20.3 Å². The molecule has 3 heterocycles. The first-order valence-corrected chi connectivity index (χ1v) is 16.1. The lowest BCUT2D eigenvalue weighted by Crippen LogP contribution is -2.41. The van der Waals surface area contributed by atoms with E-state index in [0.717, 1.165) is 0 Å². The van der Waals surface area contributed by atoms with Crippen LogP contribution in [0.4, 0.5) is 11.5 Å². The number of aromatic nitrogens is 2. The maximum atomic E-state index is 12.0. The molecule has 232 valence electrons. The molecule has 1 fully saturated rings. The molecule has 7 atom stereocenters. The van der Waals surface area contributed by atoms with E-state index in [0.29, 0.717) is 0 Å². The fraction of sp³-hybridized carbons (Fsp3) is 0.444. The Balaban J connectivity index is 1.52. The second-order valence-electron chi connectivity index (χ2n) is 9.05. The predicted octanol–water partition coefficient (Wildman–Crippen LogP) is 0.472. The highest BCUT2D eigenvalue weighted by Gasteiger charge is 2.48. The van der Waals surface area contributed by atoms with Gasteiger partial charge in [0.05, 0.1) is 24.0 Å². The number of rotatable bonds is 11. The van der Waals surface area contributed by atoms with E-state index in [1.54, 1.807) is 6.07 Å². The number of guanidine groups is 1. The van der Waals surface area contributed by atoms with Crippen LogP contribution < -0.4 is 11.1 Å². The molecule has 2 aliphatic heterocycles.